The molecule has 0 aliphatic rings. The molecule has 0 fully saturated rings. The summed E-state index contributed by atoms with van der Waals surface area (Å²) < 4.78 is 63.5. The number of alkyl halides is 1. The second kappa shape index (κ2) is 6.29. The summed E-state index contributed by atoms with van der Waals surface area (Å²) >= 11 is 5.39. The summed E-state index contributed by atoms with van der Waals surface area (Å²) in [5, 5.41) is 0. The number of nitrogens with one attached hydrogen (secondary N) is 1. The van der Waals surface area contributed by atoms with E-state index in [0.717, 1.165) is 0 Å². The van der Waals surface area contributed by atoms with Crippen molar-refractivity contribution in [2.45, 2.75) is 12.8 Å². The average Bonchev–Trinajstić information content (AvgIpc) is 2.26. The van der Waals surface area contributed by atoms with Crippen molar-refractivity contribution in [2.75, 3.05) is 16.4 Å². The molecule has 0 atom stereocenters. The van der Waals surface area contributed by atoms with Crippen LogP contribution in [0.4, 0.5) is 18.9 Å². The van der Waals surface area contributed by atoms with Crippen molar-refractivity contribution in [3.63, 3.8) is 0 Å². The molecule has 0 spiro atoms. The van der Waals surface area contributed by atoms with Crippen molar-refractivity contribution >= 4 is 27.3 Å². The van der Waals surface area contributed by atoms with E-state index >= 15 is 0 Å². The highest BCUT2D eigenvalue weighted by molar-refractivity contribution is 7.92. The van der Waals surface area contributed by atoms with E-state index in [2.05, 4.69) is 0 Å². The van der Waals surface area contributed by atoms with Crippen LogP contribution in [0.25, 0.3) is 0 Å². The fraction of sp³-hybridized carbons (Fsp3) is 0.400. The highest BCUT2D eigenvalue weighted by Crippen LogP contribution is 2.19. The topological polar surface area (TPSA) is 46.2 Å². The van der Waals surface area contributed by atoms with Crippen LogP contribution >= 0.6 is 11.6 Å². The Morgan fingerprint density at radius 1 is 1.06 bits per heavy atom. The predicted molar refractivity (Wildman–Crippen MR) is 63.7 cm³/mol. The fourth-order valence-electron chi connectivity index (χ4n) is 1.21. The Hall–Kier alpha value is -0.950. The van der Waals surface area contributed by atoms with E-state index in [4.69, 9.17) is 11.6 Å². The van der Waals surface area contributed by atoms with Crippen LogP contribution in [0.1, 0.15) is 12.8 Å². The third-order valence-electron chi connectivity index (χ3n) is 2.07. The van der Waals surface area contributed by atoms with Crippen LogP contribution in [0.2, 0.25) is 0 Å². The molecular weight excluding hydrogens is 291 g/mol. The molecule has 0 saturated carbocycles. The lowest BCUT2D eigenvalue weighted by atomic mass is 10.3. The Balaban J connectivity index is 2.81. The first-order valence-electron chi connectivity index (χ1n) is 5.07. The highest BCUT2D eigenvalue weighted by Gasteiger charge is 2.15. The van der Waals surface area contributed by atoms with Crippen molar-refractivity contribution in [3.05, 3.63) is 29.6 Å². The zero-order valence-electron chi connectivity index (χ0n) is 9.22. The van der Waals surface area contributed by atoms with Gasteiger partial charge < -0.3 is 0 Å². The molecule has 1 aromatic carbocycles. The quantitative estimate of drug-likeness (QED) is 0.499. The van der Waals surface area contributed by atoms with Gasteiger partial charge in [-0.3, -0.25) is 4.72 Å². The monoisotopic (exact) mass is 301 g/mol. The lowest BCUT2D eigenvalue weighted by Crippen LogP contribution is -2.18. The molecule has 102 valence electrons. The van der Waals surface area contributed by atoms with Crippen LogP contribution < -0.4 is 4.72 Å². The Morgan fingerprint density at radius 3 is 2.28 bits per heavy atom. The van der Waals surface area contributed by atoms with Crippen LogP contribution in [0.5, 0.6) is 0 Å². The Bertz CT molecular complexity index is 522. The zero-order chi connectivity index (χ0) is 13.8. The van der Waals surface area contributed by atoms with Gasteiger partial charge in [-0.2, -0.15) is 0 Å². The molecule has 0 saturated heterocycles. The summed E-state index contributed by atoms with van der Waals surface area (Å²) in [4.78, 5) is 0. The van der Waals surface area contributed by atoms with E-state index in [1.54, 1.807) is 0 Å². The van der Waals surface area contributed by atoms with Crippen LogP contribution in [0.3, 0.4) is 0 Å². The van der Waals surface area contributed by atoms with E-state index in [9.17, 15) is 21.6 Å². The molecule has 18 heavy (non-hydrogen) atoms. The predicted octanol–water partition coefficient (Wildman–Crippen LogP) is 2.86. The number of sulfonamides is 1. The average molecular weight is 302 g/mol. The van der Waals surface area contributed by atoms with E-state index in [0.29, 0.717) is 24.8 Å². The number of halogens is 4. The molecule has 0 radical (unpaired) electrons. The molecule has 0 bridgehead atoms. The summed E-state index contributed by atoms with van der Waals surface area (Å²) in [6.45, 7) is 0. The van der Waals surface area contributed by atoms with Gasteiger partial charge in [-0.1, -0.05) is 0 Å². The third kappa shape index (κ3) is 4.38. The number of hydrogen-bond acceptors (Lipinski definition) is 2. The Kier molecular flexibility index (Phi) is 5.28. The number of unbranched alkanes of at least 4 members (excludes halogenated alkanes) is 1. The highest BCUT2D eigenvalue weighted by atomic mass is 35.5. The summed E-state index contributed by atoms with van der Waals surface area (Å²) in [5.41, 5.74) is -0.611. The first-order valence-corrected chi connectivity index (χ1v) is 7.25. The first kappa shape index (κ1) is 15.1. The summed E-state index contributed by atoms with van der Waals surface area (Å²) in [5.74, 6) is -3.82. The van der Waals surface area contributed by atoms with Gasteiger partial charge in [0.15, 0.2) is 11.6 Å². The van der Waals surface area contributed by atoms with E-state index in [1.165, 1.54) is 0 Å². The minimum absolute atomic E-state index is 0.266. The first-order chi connectivity index (χ1) is 8.35. The molecule has 0 amide bonds. The van der Waals surface area contributed by atoms with Crippen molar-refractivity contribution in [1.29, 1.82) is 0 Å². The Morgan fingerprint density at radius 2 is 1.67 bits per heavy atom. The van der Waals surface area contributed by atoms with Crippen molar-refractivity contribution in [2.24, 2.45) is 0 Å². The van der Waals surface area contributed by atoms with Gasteiger partial charge in [0.1, 0.15) is 5.82 Å². The third-order valence-corrected chi connectivity index (χ3v) is 3.70. The Labute approximate surface area is 108 Å². The lowest BCUT2D eigenvalue weighted by Gasteiger charge is -2.08. The fourth-order valence-corrected chi connectivity index (χ4v) is 2.57. The second-order valence-corrected chi connectivity index (χ2v) is 5.78. The standard InChI is InChI=1S/C10H11ClF3NO2S/c11-3-1-2-4-18(16,17)15-10-6-8(13)7(12)5-9(10)14/h5-6,15H,1-4H2. The van der Waals surface area contributed by atoms with Gasteiger partial charge in [0, 0.05) is 18.0 Å². The van der Waals surface area contributed by atoms with E-state index < -0.39 is 33.2 Å². The molecule has 0 aliphatic carbocycles. The normalized spacial score (nSPS) is 11.6. The number of hydrogen-bond donors (Lipinski definition) is 1. The summed E-state index contributed by atoms with van der Waals surface area (Å²) in [7, 11) is -3.80. The lowest BCUT2D eigenvalue weighted by molar-refractivity contribution is 0.496. The van der Waals surface area contributed by atoms with Gasteiger partial charge in [-0.25, -0.2) is 21.6 Å². The molecule has 0 unspecified atom stereocenters. The number of benzene rings is 1. The molecule has 8 heteroatoms. The van der Waals surface area contributed by atoms with Crippen LogP contribution in [-0.2, 0) is 10.0 Å². The van der Waals surface area contributed by atoms with Crippen LogP contribution in [-0.4, -0.2) is 20.1 Å². The molecule has 1 aromatic rings. The van der Waals surface area contributed by atoms with Crippen LogP contribution in [0.15, 0.2) is 12.1 Å². The van der Waals surface area contributed by atoms with Gasteiger partial charge in [0.05, 0.1) is 11.4 Å². The van der Waals surface area contributed by atoms with Gasteiger partial charge >= 0.3 is 0 Å². The SMILES string of the molecule is O=S(=O)(CCCCCl)Nc1cc(F)c(F)cc1F. The molecular formula is C10H11ClF3NO2S. The van der Waals surface area contributed by atoms with Gasteiger partial charge in [0.2, 0.25) is 10.0 Å². The van der Waals surface area contributed by atoms with Gasteiger partial charge in [-0.15, -0.1) is 11.6 Å². The maximum atomic E-state index is 13.2. The van der Waals surface area contributed by atoms with Crippen molar-refractivity contribution < 1.29 is 21.6 Å². The maximum Gasteiger partial charge on any atom is 0.232 e. The molecule has 0 aliphatic heterocycles. The minimum atomic E-state index is -3.80. The summed E-state index contributed by atoms with van der Waals surface area (Å²) in [6, 6.07) is 0.746. The number of rotatable bonds is 6. The van der Waals surface area contributed by atoms with Crippen molar-refractivity contribution in [3.8, 4) is 0 Å². The van der Waals surface area contributed by atoms with Crippen LogP contribution in [0, 0.1) is 17.5 Å². The minimum Gasteiger partial charge on any atom is -0.280 e. The van der Waals surface area contributed by atoms with Crippen molar-refractivity contribution in [1.82, 2.24) is 0 Å². The molecule has 1 rings (SSSR count). The summed E-state index contributed by atoms with van der Waals surface area (Å²) in [6.07, 6.45) is 0.785. The second-order valence-electron chi connectivity index (χ2n) is 3.56. The maximum absolute atomic E-state index is 13.2. The number of anilines is 1. The molecule has 0 heterocycles. The molecule has 0 aromatic heterocycles. The van der Waals surface area contributed by atoms with Gasteiger partial charge in [-0.05, 0) is 12.8 Å². The van der Waals surface area contributed by atoms with E-state index in [1.807, 2.05) is 4.72 Å². The largest absolute Gasteiger partial charge is 0.280 e. The van der Waals surface area contributed by atoms with E-state index in [-0.39, 0.29) is 11.8 Å². The smallest absolute Gasteiger partial charge is 0.232 e. The van der Waals surface area contributed by atoms with Gasteiger partial charge in [0.25, 0.3) is 0 Å². The molecule has 1 N–H and O–H groups in total. The molecule has 3 nitrogen and oxygen atoms in total. The zero-order valence-corrected chi connectivity index (χ0v) is 10.8.